The number of ether oxygens (including phenoxy) is 1. The number of rotatable bonds is 3. The third kappa shape index (κ3) is 2.75. The van der Waals surface area contributed by atoms with E-state index in [1.807, 2.05) is 31.2 Å². The van der Waals surface area contributed by atoms with Crippen molar-refractivity contribution in [2.45, 2.75) is 38.7 Å². The number of nitrogens with zero attached hydrogens (tertiary/aromatic N) is 2. The molecule has 1 aromatic carbocycles. The van der Waals surface area contributed by atoms with Crippen LogP contribution in [-0.4, -0.2) is 27.8 Å². The summed E-state index contributed by atoms with van der Waals surface area (Å²) in [6, 6.07) is 7.85. The highest BCUT2D eigenvalue weighted by molar-refractivity contribution is 5.74. The van der Waals surface area contributed by atoms with Crippen LogP contribution in [0.3, 0.4) is 0 Å². The zero-order chi connectivity index (χ0) is 13.9. The molecule has 0 unspecified atom stereocenters. The van der Waals surface area contributed by atoms with Crippen LogP contribution in [0.15, 0.2) is 24.3 Å². The first-order valence-electron chi connectivity index (χ1n) is 7.27. The summed E-state index contributed by atoms with van der Waals surface area (Å²) >= 11 is 0. The van der Waals surface area contributed by atoms with Gasteiger partial charge in [-0.15, -0.1) is 0 Å². The standard InChI is InChI=1S/C16H20N2O2/c1-11-16(18-15-5-3-2-4-14(15)17-11)20-13-8-6-12(10-19)7-9-13/h2-5,12-13,19H,6-10H2,1H3. The van der Waals surface area contributed by atoms with Crippen LogP contribution >= 0.6 is 0 Å². The number of benzene rings is 1. The minimum absolute atomic E-state index is 0.201. The van der Waals surface area contributed by atoms with Gasteiger partial charge in [-0.2, -0.15) is 0 Å². The molecule has 20 heavy (non-hydrogen) atoms. The molecule has 0 aliphatic heterocycles. The maximum absolute atomic E-state index is 9.17. The second kappa shape index (κ2) is 5.75. The summed E-state index contributed by atoms with van der Waals surface area (Å²) in [6.07, 6.45) is 4.23. The van der Waals surface area contributed by atoms with Crippen molar-refractivity contribution < 1.29 is 9.84 Å². The van der Waals surface area contributed by atoms with E-state index in [-0.39, 0.29) is 6.10 Å². The Hall–Kier alpha value is -1.68. The fourth-order valence-corrected chi connectivity index (χ4v) is 2.77. The van der Waals surface area contributed by atoms with Crippen molar-refractivity contribution in [3.05, 3.63) is 30.0 Å². The number of fused-ring (bicyclic) bond motifs is 1. The van der Waals surface area contributed by atoms with Crippen molar-refractivity contribution in [1.29, 1.82) is 0 Å². The van der Waals surface area contributed by atoms with Crippen LogP contribution in [0.5, 0.6) is 5.88 Å². The van der Waals surface area contributed by atoms with Crippen LogP contribution in [0.4, 0.5) is 0 Å². The Bertz CT molecular complexity index is 592. The molecular formula is C16H20N2O2. The fraction of sp³-hybridized carbons (Fsp3) is 0.500. The van der Waals surface area contributed by atoms with Gasteiger partial charge >= 0.3 is 0 Å². The lowest BCUT2D eigenvalue weighted by atomic mass is 9.88. The van der Waals surface area contributed by atoms with Crippen molar-refractivity contribution in [2.24, 2.45) is 5.92 Å². The van der Waals surface area contributed by atoms with E-state index in [4.69, 9.17) is 9.84 Å². The maximum Gasteiger partial charge on any atom is 0.236 e. The first-order chi connectivity index (χ1) is 9.76. The molecule has 1 aromatic heterocycles. The van der Waals surface area contributed by atoms with Crippen molar-refractivity contribution in [2.75, 3.05) is 6.61 Å². The molecule has 0 bridgehead atoms. The van der Waals surface area contributed by atoms with Gasteiger partial charge in [0.2, 0.25) is 5.88 Å². The van der Waals surface area contributed by atoms with Gasteiger partial charge in [0.15, 0.2) is 0 Å². The average molecular weight is 272 g/mol. The third-order valence-electron chi connectivity index (χ3n) is 4.03. The van der Waals surface area contributed by atoms with Gasteiger partial charge in [0.1, 0.15) is 11.8 Å². The van der Waals surface area contributed by atoms with E-state index in [9.17, 15) is 0 Å². The Labute approximate surface area is 118 Å². The van der Waals surface area contributed by atoms with E-state index in [1.54, 1.807) is 0 Å². The molecule has 4 heteroatoms. The molecule has 4 nitrogen and oxygen atoms in total. The van der Waals surface area contributed by atoms with Crippen LogP contribution in [0.1, 0.15) is 31.4 Å². The molecule has 0 saturated heterocycles. The SMILES string of the molecule is Cc1nc2ccccc2nc1OC1CCC(CO)CC1. The molecule has 1 aliphatic rings. The maximum atomic E-state index is 9.17. The number of aryl methyl sites for hydroxylation is 1. The topological polar surface area (TPSA) is 55.2 Å². The predicted octanol–water partition coefficient (Wildman–Crippen LogP) is 2.87. The molecular weight excluding hydrogens is 252 g/mol. The lowest BCUT2D eigenvalue weighted by molar-refractivity contribution is 0.0998. The van der Waals surface area contributed by atoms with E-state index in [2.05, 4.69) is 9.97 Å². The molecule has 1 aliphatic carbocycles. The average Bonchev–Trinajstić information content (AvgIpc) is 2.49. The first kappa shape index (κ1) is 13.3. The Balaban J connectivity index is 1.76. The molecule has 1 N–H and O–H groups in total. The summed E-state index contributed by atoms with van der Waals surface area (Å²) in [5.74, 6) is 1.09. The van der Waals surface area contributed by atoms with Gasteiger partial charge in [-0.05, 0) is 50.7 Å². The molecule has 0 spiro atoms. The van der Waals surface area contributed by atoms with Crippen LogP contribution in [-0.2, 0) is 0 Å². The highest BCUT2D eigenvalue weighted by Gasteiger charge is 2.23. The van der Waals surface area contributed by atoms with E-state index >= 15 is 0 Å². The number of hydrogen-bond donors (Lipinski definition) is 1. The van der Waals surface area contributed by atoms with Gasteiger partial charge in [-0.25, -0.2) is 9.97 Å². The van der Waals surface area contributed by atoms with E-state index in [1.165, 1.54) is 0 Å². The minimum atomic E-state index is 0.201. The molecule has 0 amide bonds. The predicted molar refractivity (Wildman–Crippen MR) is 77.7 cm³/mol. The summed E-state index contributed by atoms with van der Waals surface area (Å²) in [7, 11) is 0. The van der Waals surface area contributed by atoms with Gasteiger partial charge in [0, 0.05) is 6.61 Å². The van der Waals surface area contributed by atoms with Crippen molar-refractivity contribution in [1.82, 2.24) is 9.97 Å². The summed E-state index contributed by atoms with van der Waals surface area (Å²) in [5.41, 5.74) is 2.62. The third-order valence-corrected chi connectivity index (χ3v) is 4.03. The number of aliphatic hydroxyl groups excluding tert-OH is 1. The van der Waals surface area contributed by atoms with Gasteiger partial charge in [0.25, 0.3) is 0 Å². The molecule has 1 fully saturated rings. The van der Waals surface area contributed by atoms with Gasteiger partial charge in [-0.3, -0.25) is 0 Å². The molecule has 0 atom stereocenters. The number of aliphatic hydroxyl groups is 1. The number of aromatic nitrogens is 2. The Morgan fingerprint density at radius 3 is 2.40 bits per heavy atom. The summed E-state index contributed by atoms with van der Waals surface area (Å²) in [5, 5.41) is 9.17. The first-order valence-corrected chi connectivity index (χ1v) is 7.27. The van der Waals surface area contributed by atoms with Crippen molar-refractivity contribution >= 4 is 11.0 Å². The monoisotopic (exact) mass is 272 g/mol. The zero-order valence-electron chi connectivity index (χ0n) is 11.7. The minimum Gasteiger partial charge on any atom is -0.473 e. The largest absolute Gasteiger partial charge is 0.473 e. The normalized spacial score (nSPS) is 22.9. The Morgan fingerprint density at radius 2 is 1.75 bits per heavy atom. The lowest BCUT2D eigenvalue weighted by Gasteiger charge is -2.27. The van der Waals surface area contributed by atoms with Gasteiger partial charge < -0.3 is 9.84 Å². The fourth-order valence-electron chi connectivity index (χ4n) is 2.77. The molecule has 2 aromatic rings. The van der Waals surface area contributed by atoms with Crippen LogP contribution < -0.4 is 4.74 Å². The molecule has 1 saturated carbocycles. The van der Waals surface area contributed by atoms with Crippen molar-refractivity contribution in [3.63, 3.8) is 0 Å². The van der Waals surface area contributed by atoms with Crippen LogP contribution in [0.25, 0.3) is 11.0 Å². The second-order valence-electron chi connectivity index (χ2n) is 5.55. The second-order valence-corrected chi connectivity index (χ2v) is 5.55. The molecule has 0 radical (unpaired) electrons. The lowest BCUT2D eigenvalue weighted by Crippen LogP contribution is -2.26. The number of para-hydroxylation sites is 2. The summed E-state index contributed by atoms with van der Waals surface area (Å²) in [6.45, 7) is 2.23. The summed E-state index contributed by atoms with van der Waals surface area (Å²) in [4.78, 5) is 9.12. The zero-order valence-corrected chi connectivity index (χ0v) is 11.7. The van der Waals surface area contributed by atoms with E-state index in [0.717, 1.165) is 42.4 Å². The molecule has 1 heterocycles. The highest BCUT2D eigenvalue weighted by Crippen LogP contribution is 2.28. The quantitative estimate of drug-likeness (QED) is 0.933. The number of hydrogen-bond acceptors (Lipinski definition) is 4. The Morgan fingerprint density at radius 1 is 1.10 bits per heavy atom. The van der Waals surface area contributed by atoms with Crippen LogP contribution in [0, 0.1) is 12.8 Å². The molecule has 106 valence electrons. The highest BCUT2D eigenvalue weighted by atomic mass is 16.5. The summed E-state index contributed by atoms with van der Waals surface area (Å²) < 4.78 is 6.03. The van der Waals surface area contributed by atoms with Gasteiger partial charge in [0.05, 0.1) is 11.0 Å². The van der Waals surface area contributed by atoms with Gasteiger partial charge in [-0.1, -0.05) is 12.1 Å². The molecule has 3 rings (SSSR count). The van der Waals surface area contributed by atoms with E-state index < -0.39 is 0 Å². The smallest absolute Gasteiger partial charge is 0.236 e. The Kier molecular flexibility index (Phi) is 3.83. The van der Waals surface area contributed by atoms with Crippen LogP contribution in [0.2, 0.25) is 0 Å². The van der Waals surface area contributed by atoms with E-state index in [0.29, 0.717) is 18.4 Å². The van der Waals surface area contributed by atoms with Crippen molar-refractivity contribution in [3.8, 4) is 5.88 Å².